The molecule has 0 aromatic heterocycles. The summed E-state index contributed by atoms with van der Waals surface area (Å²) in [5.41, 5.74) is 7.23. The Labute approximate surface area is 124 Å². The fourth-order valence-corrected chi connectivity index (χ4v) is 2.36. The monoisotopic (exact) mass is 345 g/mol. The minimum absolute atomic E-state index is 0.312. The highest BCUT2D eigenvalue weighted by molar-refractivity contribution is 9.10. The van der Waals surface area contributed by atoms with Crippen molar-refractivity contribution in [3.05, 3.63) is 56.5 Å². The fraction of sp³-hybridized carbons (Fsp3) is 0.0769. The summed E-state index contributed by atoms with van der Waals surface area (Å²) in [6.45, 7) is 0.312. The van der Waals surface area contributed by atoms with Crippen molar-refractivity contribution >= 4 is 44.8 Å². The third-order valence-electron chi connectivity index (χ3n) is 2.40. The Kier molecular flexibility index (Phi) is 4.38. The molecule has 0 spiro atoms. The molecule has 0 aliphatic rings. The van der Waals surface area contributed by atoms with Gasteiger partial charge in [0.1, 0.15) is 6.61 Å². The van der Waals surface area contributed by atoms with E-state index in [4.69, 9.17) is 33.7 Å². The van der Waals surface area contributed by atoms with Crippen LogP contribution in [0.25, 0.3) is 0 Å². The largest absolute Gasteiger partial charge is 0.485 e. The lowest BCUT2D eigenvalue weighted by Gasteiger charge is -2.12. The summed E-state index contributed by atoms with van der Waals surface area (Å²) in [5.74, 6) is 0.605. The smallest absolute Gasteiger partial charge is 0.156 e. The van der Waals surface area contributed by atoms with Crippen LogP contribution in [0.1, 0.15) is 5.56 Å². The van der Waals surface area contributed by atoms with Gasteiger partial charge >= 0.3 is 0 Å². The van der Waals surface area contributed by atoms with E-state index in [0.717, 1.165) is 10.0 Å². The molecule has 0 atom stereocenters. The predicted molar refractivity (Wildman–Crippen MR) is 79.3 cm³/mol. The van der Waals surface area contributed by atoms with Gasteiger partial charge in [-0.3, -0.25) is 0 Å². The standard InChI is InChI=1S/C13H10BrCl2NO/c14-9-4-2-6-11(17)13(9)18-7-8-3-1-5-10(15)12(8)16/h1-6H,7,17H2. The molecule has 0 bridgehead atoms. The van der Waals surface area contributed by atoms with E-state index in [2.05, 4.69) is 15.9 Å². The lowest BCUT2D eigenvalue weighted by atomic mass is 10.2. The highest BCUT2D eigenvalue weighted by Gasteiger charge is 2.08. The third-order valence-corrected chi connectivity index (χ3v) is 3.88. The van der Waals surface area contributed by atoms with E-state index in [1.54, 1.807) is 12.1 Å². The van der Waals surface area contributed by atoms with Gasteiger partial charge < -0.3 is 10.5 Å². The Morgan fingerprint density at radius 2 is 1.83 bits per heavy atom. The molecular weight excluding hydrogens is 337 g/mol. The zero-order valence-corrected chi connectivity index (χ0v) is 12.4. The molecule has 2 aromatic rings. The van der Waals surface area contributed by atoms with Crippen molar-refractivity contribution in [2.45, 2.75) is 6.61 Å². The first-order valence-corrected chi connectivity index (χ1v) is 6.74. The van der Waals surface area contributed by atoms with E-state index in [1.165, 1.54) is 0 Å². The van der Waals surface area contributed by atoms with Crippen LogP contribution >= 0.6 is 39.1 Å². The van der Waals surface area contributed by atoms with E-state index < -0.39 is 0 Å². The summed E-state index contributed by atoms with van der Waals surface area (Å²) in [7, 11) is 0. The van der Waals surface area contributed by atoms with Crippen molar-refractivity contribution in [1.29, 1.82) is 0 Å². The molecule has 2 rings (SSSR count). The second-order valence-electron chi connectivity index (χ2n) is 3.66. The lowest BCUT2D eigenvalue weighted by Crippen LogP contribution is -2.00. The van der Waals surface area contributed by atoms with Gasteiger partial charge in [-0.25, -0.2) is 0 Å². The first kappa shape index (κ1) is 13.5. The first-order valence-electron chi connectivity index (χ1n) is 5.19. The van der Waals surface area contributed by atoms with Gasteiger partial charge in [-0.2, -0.15) is 0 Å². The molecule has 2 N–H and O–H groups in total. The van der Waals surface area contributed by atoms with E-state index in [-0.39, 0.29) is 0 Å². The molecule has 18 heavy (non-hydrogen) atoms. The second kappa shape index (κ2) is 5.83. The van der Waals surface area contributed by atoms with E-state index >= 15 is 0 Å². The molecule has 0 radical (unpaired) electrons. The van der Waals surface area contributed by atoms with Crippen LogP contribution in [-0.2, 0) is 6.61 Å². The average Bonchev–Trinajstić information content (AvgIpc) is 2.33. The van der Waals surface area contributed by atoms with Gasteiger partial charge in [0.05, 0.1) is 20.2 Å². The maximum Gasteiger partial charge on any atom is 0.156 e. The van der Waals surface area contributed by atoms with E-state index in [0.29, 0.717) is 28.1 Å². The summed E-state index contributed by atoms with van der Waals surface area (Å²) in [6.07, 6.45) is 0. The number of halogens is 3. The van der Waals surface area contributed by atoms with Crippen molar-refractivity contribution in [2.75, 3.05) is 5.73 Å². The number of rotatable bonds is 3. The SMILES string of the molecule is Nc1cccc(Br)c1OCc1cccc(Cl)c1Cl. The second-order valence-corrected chi connectivity index (χ2v) is 5.30. The summed E-state index contributed by atoms with van der Waals surface area (Å²) < 4.78 is 6.48. The Morgan fingerprint density at radius 1 is 1.11 bits per heavy atom. The maximum absolute atomic E-state index is 6.08. The molecule has 94 valence electrons. The minimum Gasteiger partial charge on any atom is -0.485 e. The van der Waals surface area contributed by atoms with Crippen LogP contribution in [-0.4, -0.2) is 0 Å². The number of para-hydroxylation sites is 1. The van der Waals surface area contributed by atoms with Crippen molar-refractivity contribution in [3.63, 3.8) is 0 Å². The molecular formula is C13H10BrCl2NO. The van der Waals surface area contributed by atoms with Crippen LogP contribution < -0.4 is 10.5 Å². The van der Waals surface area contributed by atoms with Crippen molar-refractivity contribution < 1.29 is 4.74 Å². The molecule has 0 saturated heterocycles. The Balaban J connectivity index is 2.19. The molecule has 0 amide bonds. The molecule has 5 heteroatoms. The topological polar surface area (TPSA) is 35.2 Å². The summed E-state index contributed by atoms with van der Waals surface area (Å²) in [6, 6.07) is 10.9. The molecule has 0 fully saturated rings. The molecule has 0 saturated carbocycles. The average molecular weight is 347 g/mol. The summed E-state index contributed by atoms with van der Waals surface area (Å²) in [5, 5.41) is 1.02. The predicted octanol–water partition coefficient (Wildman–Crippen LogP) is 4.92. The normalized spacial score (nSPS) is 10.4. The van der Waals surface area contributed by atoms with Gasteiger partial charge in [0, 0.05) is 5.56 Å². The quantitative estimate of drug-likeness (QED) is 0.801. The maximum atomic E-state index is 6.08. The Morgan fingerprint density at radius 3 is 2.56 bits per heavy atom. The van der Waals surface area contributed by atoms with Crippen LogP contribution in [0.15, 0.2) is 40.9 Å². The van der Waals surface area contributed by atoms with Gasteiger partial charge in [-0.1, -0.05) is 41.4 Å². The zero-order valence-electron chi connectivity index (χ0n) is 9.29. The molecule has 0 aliphatic carbocycles. The van der Waals surface area contributed by atoms with E-state index in [9.17, 15) is 0 Å². The van der Waals surface area contributed by atoms with Gasteiger partial charge in [-0.15, -0.1) is 0 Å². The van der Waals surface area contributed by atoms with Gasteiger partial charge in [0.25, 0.3) is 0 Å². The van der Waals surface area contributed by atoms with Crippen LogP contribution in [0.2, 0.25) is 10.0 Å². The number of nitrogens with two attached hydrogens (primary N) is 1. The highest BCUT2D eigenvalue weighted by Crippen LogP contribution is 2.33. The van der Waals surface area contributed by atoms with Crippen molar-refractivity contribution in [3.8, 4) is 5.75 Å². The van der Waals surface area contributed by atoms with Crippen LogP contribution in [0.5, 0.6) is 5.75 Å². The fourth-order valence-electron chi connectivity index (χ4n) is 1.49. The van der Waals surface area contributed by atoms with E-state index in [1.807, 2.05) is 24.3 Å². The van der Waals surface area contributed by atoms with Crippen molar-refractivity contribution in [1.82, 2.24) is 0 Å². The summed E-state index contributed by atoms with van der Waals surface area (Å²) in [4.78, 5) is 0. The molecule has 0 heterocycles. The van der Waals surface area contributed by atoms with Crippen LogP contribution in [0.4, 0.5) is 5.69 Å². The Hall–Kier alpha value is -0.900. The molecule has 0 aliphatic heterocycles. The van der Waals surface area contributed by atoms with Crippen LogP contribution in [0, 0.1) is 0 Å². The molecule has 2 nitrogen and oxygen atoms in total. The number of nitrogen functional groups attached to an aromatic ring is 1. The number of anilines is 1. The number of hydrogen-bond donors (Lipinski definition) is 1. The Bertz CT molecular complexity index is 555. The van der Waals surface area contributed by atoms with Gasteiger partial charge in [0.2, 0.25) is 0 Å². The van der Waals surface area contributed by atoms with Crippen LogP contribution in [0.3, 0.4) is 0 Å². The number of hydrogen-bond acceptors (Lipinski definition) is 2. The first-order chi connectivity index (χ1) is 8.59. The summed E-state index contributed by atoms with van der Waals surface area (Å²) >= 11 is 15.4. The highest BCUT2D eigenvalue weighted by atomic mass is 79.9. The minimum atomic E-state index is 0.312. The van der Waals surface area contributed by atoms with Gasteiger partial charge in [-0.05, 0) is 34.1 Å². The molecule has 2 aromatic carbocycles. The number of benzene rings is 2. The zero-order chi connectivity index (χ0) is 13.1. The van der Waals surface area contributed by atoms with Crippen molar-refractivity contribution in [2.24, 2.45) is 0 Å². The number of ether oxygens (including phenoxy) is 1. The van der Waals surface area contributed by atoms with Gasteiger partial charge in [0.15, 0.2) is 5.75 Å². The lowest BCUT2D eigenvalue weighted by molar-refractivity contribution is 0.306. The third kappa shape index (κ3) is 2.91. The molecule has 0 unspecified atom stereocenters.